The molecule has 146 valence electrons. The number of ether oxygens (including phenoxy) is 3. The lowest BCUT2D eigenvalue weighted by atomic mass is 9.76. The monoisotopic (exact) mass is 405 g/mol. The van der Waals surface area contributed by atoms with Crippen molar-refractivity contribution in [2.24, 2.45) is 11.8 Å². The van der Waals surface area contributed by atoms with E-state index in [9.17, 15) is 19.2 Å². The SMILES string of the molecule is CC(=O)OC(OC(C)=O)[C@@]12C=C[C@@H](O1)[C@@H]1C(=O)N(c3ccccc3Cl)C(=O)[C@H]12. The number of hydrogen-bond acceptors (Lipinski definition) is 7. The van der Waals surface area contributed by atoms with Gasteiger partial charge in [-0.05, 0) is 18.2 Å². The zero-order chi connectivity index (χ0) is 20.2. The van der Waals surface area contributed by atoms with E-state index in [4.69, 9.17) is 25.8 Å². The van der Waals surface area contributed by atoms with E-state index >= 15 is 0 Å². The Balaban J connectivity index is 1.77. The third-order valence-corrected chi connectivity index (χ3v) is 5.41. The predicted molar refractivity (Wildman–Crippen MR) is 95.0 cm³/mol. The zero-order valence-corrected chi connectivity index (χ0v) is 15.7. The summed E-state index contributed by atoms with van der Waals surface area (Å²) in [6.07, 6.45) is 0.934. The van der Waals surface area contributed by atoms with E-state index in [-0.39, 0.29) is 10.7 Å². The Labute approximate surface area is 165 Å². The van der Waals surface area contributed by atoms with Crippen LogP contribution in [0.15, 0.2) is 36.4 Å². The summed E-state index contributed by atoms with van der Waals surface area (Å²) >= 11 is 6.18. The normalized spacial score (nSPS) is 30.1. The highest BCUT2D eigenvalue weighted by molar-refractivity contribution is 6.36. The van der Waals surface area contributed by atoms with Gasteiger partial charge in [-0.2, -0.15) is 0 Å². The van der Waals surface area contributed by atoms with Crippen molar-refractivity contribution in [1.82, 2.24) is 0 Å². The fourth-order valence-electron chi connectivity index (χ4n) is 4.09. The molecule has 2 amide bonds. The maximum atomic E-state index is 13.3. The quantitative estimate of drug-likeness (QED) is 0.324. The van der Waals surface area contributed by atoms with Crippen LogP contribution < -0.4 is 4.90 Å². The topological polar surface area (TPSA) is 99.2 Å². The first-order valence-electron chi connectivity index (χ1n) is 8.60. The lowest BCUT2D eigenvalue weighted by Gasteiger charge is -2.34. The van der Waals surface area contributed by atoms with Crippen LogP contribution in [-0.4, -0.2) is 41.7 Å². The number of benzene rings is 1. The number of anilines is 1. The molecule has 2 saturated heterocycles. The van der Waals surface area contributed by atoms with Gasteiger partial charge < -0.3 is 14.2 Å². The van der Waals surface area contributed by atoms with Crippen molar-refractivity contribution in [3.05, 3.63) is 41.4 Å². The molecule has 4 atom stereocenters. The Bertz CT molecular complexity index is 913. The summed E-state index contributed by atoms with van der Waals surface area (Å²) in [4.78, 5) is 50.5. The van der Waals surface area contributed by atoms with Crippen LogP contribution in [-0.2, 0) is 33.4 Å². The first-order chi connectivity index (χ1) is 13.3. The molecule has 0 aromatic heterocycles. The average molecular weight is 406 g/mol. The largest absolute Gasteiger partial charge is 0.422 e. The molecular formula is C19H16ClNO7. The minimum Gasteiger partial charge on any atom is -0.422 e. The minimum atomic E-state index is -1.57. The molecule has 1 aromatic rings. The molecule has 28 heavy (non-hydrogen) atoms. The van der Waals surface area contributed by atoms with Gasteiger partial charge in [-0.3, -0.25) is 19.2 Å². The number of esters is 2. The molecule has 3 aliphatic heterocycles. The van der Waals surface area contributed by atoms with Crippen LogP contribution in [0.5, 0.6) is 0 Å². The van der Waals surface area contributed by atoms with Crippen LogP contribution >= 0.6 is 11.6 Å². The number of rotatable bonds is 4. The Morgan fingerprint density at radius 1 is 1.14 bits per heavy atom. The fraction of sp³-hybridized carbons (Fsp3) is 0.368. The second-order valence-electron chi connectivity index (χ2n) is 6.81. The molecule has 4 rings (SSSR count). The van der Waals surface area contributed by atoms with Crippen molar-refractivity contribution in [3.8, 4) is 0 Å². The molecular weight excluding hydrogens is 390 g/mol. The lowest BCUT2D eigenvalue weighted by Crippen LogP contribution is -2.52. The van der Waals surface area contributed by atoms with Crippen LogP contribution in [0.1, 0.15) is 13.8 Å². The van der Waals surface area contributed by atoms with Gasteiger partial charge in [0, 0.05) is 13.8 Å². The maximum absolute atomic E-state index is 13.3. The highest BCUT2D eigenvalue weighted by Crippen LogP contribution is 2.55. The van der Waals surface area contributed by atoms with E-state index in [1.807, 2.05) is 0 Å². The fourth-order valence-corrected chi connectivity index (χ4v) is 4.31. The third kappa shape index (κ3) is 2.56. The van der Waals surface area contributed by atoms with Crippen molar-refractivity contribution in [1.29, 1.82) is 0 Å². The first kappa shape index (κ1) is 18.6. The van der Waals surface area contributed by atoms with Crippen molar-refractivity contribution < 1.29 is 33.4 Å². The summed E-state index contributed by atoms with van der Waals surface area (Å²) in [6.45, 7) is 2.29. The number of fused-ring (bicyclic) bond motifs is 5. The van der Waals surface area contributed by atoms with Gasteiger partial charge in [0.1, 0.15) is 0 Å². The summed E-state index contributed by atoms with van der Waals surface area (Å²) in [5.41, 5.74) is -1.31. The van der Waals surface area contributed by atoms with Gasteiger partial charge in [0.2, 0.25) is 11.8 Å². The van der Waals surface area contributed by atoms with Crippen LogP contribution in [0.4, 0.5) is 5.69 Å². The van der Waals surface area contributed by atoms with E-state index < -0.39 is 53.6 Å². The lowest BCUT2D eigenvalue weighted by molar-refractivity contribution is -0.226. The molecule has 2 fully saturated rings. The molecule has 0 spiro atoms. The molecule has 0 unspecified atom stereocenters. The van der Waals surface area contributed by atoms with Gasteiger partial charge >= 0.3 is 11.9 Å². The Kier molecular flexibility index (Phi) is 4.28. The van der Waals surface area contributed by atoms with E-state index in [1.54, 1.807) is 30.3 Å². The van der Waals surface area contributed by atoms with E-state index in [0.29, 0.717) is 0 Å². The predicted octanol–water partition coefficient (Wildman–Crippen LogP) is 1.61. The maximum Gasteiger partial charge on any atom is 0.305 e. The van der Waals surface area contributed by atoms with Gasteiger partial charge in [-0.25, -0.2) is 4.90 Å². The summed E-state index contributed by atoms with van der Waals surface area (Å²) in [5.74, 6) is -4.31. The molecule has 0 saturated carbocycles. The number of imide groups is 1. The first-order valence-corrected chi connectivity index (χ1v) is 8.98. The van der Waals surface area contributed by atoms with Crippen molar-refractivity contribution in [3.63, 3.8) is 0 Å². The van der Waals surface area contributed by atoms with Crippen LogP contribution in [0.3, 0.4) is 0 Å². The molecule has 0 aliphatic carbocycles. The second-order valence-corrected chi connectivity index (χ2v) is 7.22. The molecule has 3 aliphatic rings. The standard InChI is InChI=1S/C19H16ClNO7/c1-9(22)26-18(27-10(2)23)19-8-7-13(28-19)14-15(19)17(25)21(16(14)24)12-6-4-3-5-11(12)20/h3-8,13-15,18H,1-2H3/t13-,14+,15+,19+/m1/s1. The zero-order valence-electron chi connectivity index (χ0n) is 15.0. The number of hydrogen-bond donors (Lipinski definition) is 0. The van der Waals surface area contributed by atoms with Crippen LogP contribution in [0.2, 0.25) is 5.02 Å². The average Bonchev–Trinajstić information content (AvgIpc) is 3.26. The number of nitrogens with zero attached hydrogens (tertiary/aromatic N) is 1. The third-order valence-electron chi connectivity index (χ3n) is 5.09. The number of para-hydroxylation sites is 1. The Morgan fingerprint density at radius 2 is 1.79 bits per heavy atom. The van der Waals surface area contributed by atoms with Crippen LogP contribution in [0.25, 0.3) is 0 Å². The van der Waals surface area contributed by atoms with Gasteiger partial charge in [0.15, 0.2) is 5.60 Å². The van der Waals surface area contributed by atoms with Gasteiger partial charge in [-0.1, -0.05) is 29.8 Å². The van der Waals surface area contributed by atoms with Crippen molar-refractivity contribution >= 4 is 41.0 Å². The molecule has 0 N–H and O–H groups in total. The number of amides is 2. The molecule has 3 heterocycles. The summed E-state index contributed by atoms with van der Waals surface area (Å²) < 4.78 is 16.2. The Hall–Kier alpha value is -2.71. The van der Waals surface area contributed by atoms with E-state index in [0.717, 1.165) is 18.7 Å². The molecule has 1 aromatic carbocycles. The Morgan fingerprint density at radius 3 is 2.39 bits per heavy atom. The van der Waals surface area contributed by atoms with Crippen LogP contribution in [0, 0.1) is 11.8 Å². The summed E-state index contributed by atoms with van der Waals surface area (Å²) in [6, 6.07) is 6.49. The molecule has 8 nitrogen and oxygen atoms in total. The van der Waals surface area contributed by atoms with Gasteiger partial charge in [0.05, 0.1) is 28.6 Å². The van der Waals surface area contributed by atoms with Crippen molar-refractivity contribution in [2.75, 3.05) is 4.90 Å². The summed E-state index contributed by atoms with van der Waals surface area (Å²) in [7, 11) is 0. The number of carbonyl (C=O) groups excluding carboxylic acids is 4. The highest BCUT2D eigenvalue weighted by Gasteiger charge is 2.72. The van der Waals surface area contributed by atoms with E-state index in [2.05, 4.69) is 0 Å². The number of carbonyl (C=O) groups is 4. The molecule has 9 heteroatoms. The molecule has 0 radical (unpaired) electrons. The van der Waals surface area contributed by atoms with Gasteiger partial charge in [-0.15, -0.1) is 0 Å². The highest BCUT2D eigenvalue weighted by atomic mass is 35.5. The second kappa shape index (κ2) is 6.42. The van der Waals surface area contributed by atoms with Crippen molar-refractivity contribution in [2.45, 2.75) is 31.8 Å². The smallest absolute Gasteiger partial charge is 0.305 e. The molecule has 2 bridgehead atoms. The van der Waals surface area contributed by atoms with Gasteiger partial charge in [0.25, 0.3) is 6.29 Å². The van der Waals surface area contributed by atoms with E-state index in [1.165, 1.54) is 6.08 Å². The minimum absolute atomic E-state index is 0.246. The summed E-state index contributed by atoms with van der Waals surface area (Å²) in [5, 5.41) is 0.246. The number of halogens is 1.